The zero-order valence-corrected chi connectivity index (χ0v) is 13.9. The Morgan fingerprint density at radius 1 is 0.920 bits per heavy atom. The number of phenols is 2. The molecule has 3 rings (SSSR count). The van der Waals surface area contributed by atoms with Crippen LogP contribution in [0.2, 0.25) is 0 Å². The van der Waals surface area contributed by atoms with Crippen LogP contribution in [0.1, 0.15) is 5.56 Å². The second-order valence-corrected chi connectivity index (χ2v) is 5.94. The van der Waals surface area contributed by atoms with Crippen molar-refractivity contribution in [3.8, 4) is 11.5 Å². The van der Waals surface area contributed by atoms with Gasteiger partial charge in [-0.2, -0.15) is 10.2 Å². The number of hydrogen-bond acceptors (Lipinski definition) is 8. The van der Waals surface area contributed by atoms with Crippen LogP contribution in [0, 0.1) is 6.92 Å². The standard InChI is InChI=1S/C17H14N2O5S/c1-10-16(25-24-23-22)9-11-8-13(4-7-15(11)17(10)21)19-18-12-2-5-14(20)6-3-12/h2-9,20-22H,1H3. The molecule has 8 heteroatoms. The van der Waals surface area contributed by atoms with Crippen molar-refractivity contribution in [1.29, 1.82) is 0 Å². The Hall–Kier alpha value is -2.65. The molecule has 3 aromatic rings. The SMILES string of the molecule is Cc1c(SOOO)cc2cc(N=Nc3ccc(O)cc3)ccc2c1O. The second-order valence-electron chi connectivity index (χ2n) is 5.20. The van der Waals surface area contributed by atoms with Crippen molar-refractivity contribution in [2.75, 3.05) is 0 Å². The first-order valence-corrected chi connectivity index (χ1v) is 7.94. The lowest BCUT2D eigenvalue weighted by atomic mass is 10.1. The Bertz CT molecular complexity index is 928. The third-order valence-electron chi connectivity index (χ3n) is 3.59. The van der Waals surface area contributed by atoms with Crippen molar-refractivity contribution in [1.82, 2.24) is 0 Å². The van der Waals surface area contributed by atoms with Crippen molar-refractivity contribution in [3.05, 3.63) is 54.1 Å². The number of phenolic OH excluding ortho intramolecular Hbond substituents is 2. The molecule has 0 aliphatic carbocycles. The zero-order chi connectivity index (χ0) is 17.8. The molecule has 0 aromatic heterocycles. The molecule has 0 atom stereocenters. The van der Waals surface area contributed by atoms with E-state index in [1.807, 2.05) is 0 Å². The minimum atomic E-state index is 0.114. The van der Waals surface area contributed by atoms with E-state index >= 15 is 0 Å². The van der Waals surface area contributed by atoms with E-state index in [0.29, 0.717) is 27.2 Å². The lowest BCUT2D eigenvalue weighted by molar-refractivity contribution is -0.432. The summed E-state index contributed by atoms with van der Waals surface area (Å²) in [6.07, 6.45) is 0. The van der Waals surface area contributed by atoms with Crippen LogP contribution >= 0.6 is 12.0 Å². The van der Waals surface area contributed by atoms with Gasteiger partial charge in [0.25, 0.3) is 0 Å². The predicted molar refractivity (Wildman–Crippen MR) is 93.3 cm³/mol. The highest BCUT2D eigenvalue weighted by Gasteiger charge is 2.11. The second kappa shape index (κ2) is 7.49. The Morgan fingerprint density at radius 3 is 2.32 bits per heavy atom. The van der Waals surface area contributed by atoms with Crippen LogP contribution in [0.5, 0.6) is 11.5 Å². The average Bonchev–Trinajstić information content (AvgIpc) is 2.63. The fourth-order valence-electron chi connectivity index (χ4n) is 2.29. The molecule has 0 radical (unpaired) electrons. The molecule has 0 bridgehead atoms. The first-order valence-electron chi connectivity index (χ1n) is 7.20. The third-order valence-corrected chi connectivity index (χ3v) is 4.32. The minimum absolute atomic E-state index is 0.114. The van der Waals surface area contributed by atoms with E-state index in [4.69, 9.17) is 5.26 Å². The average molecular weight is 358 g/mol. The molecule has 7 nitrogen and oxygen atoms in total. The molecule has 0 aliphatic heterocycles. The quantitative estimate of drug-likeness (QED) is 0.244. The summed E-state index contributed by atoms with van der Waals surface area (Å²) in [5.41, 5.74) is 1.81. The minimum Gasteiger partial charge on any atom is -0.508 e. The molecule has 25 heavy (non-hydrogen) atoms. The van der Waals surface area contributed by atoms with Crippen molar-refractivity contribution < 1.29 is 24.8 Å². The number of nitrogens with zero attached hydrogens (tertiary/aromatic N) is 2. The molecule has 0 spiro atoms. The Labute approximate surface area is 147 Å². The highest BCUT2D eigenvalue weighted by Crippen LogP contribution is 2.38. The Kier molecular flexibility index (Phi) is 5.15. The van der Waals surface area contributed by atoms with Gasteiger partial charge >= 0.3 is 0 Å². The predicted octanol–water partition coefficient (Wildman–Crippen LogP) is 5.40. The Morgan fingerprint density at radius 2 is 1.60 bits per heavy atom. The fraction of sp³-hybridized carbons (Fsp3) is 0.0588. The van der Waals surface area contributed by atoms with Crippen LogP contribution in [0.3, 0.4) is 0 Å². The summed E-state index contributed by atoms with van der Waals surface area (Å²) in [5, 5.41) is 41.1. The number of hydrogen-bond donors (Lipinski definition) is 3. The maximum atomic E-state index is 10.3. The van der Waals surface area contributed by atoms with Crippen LogP contribution in [0.15, 0.2) is 63.7 Å². The maximum Gasteiger partial charge on any atom is 0.127 e. The summed E-state index contributed by atoms with van der Waals surface area (Å²) in [4.78, 5) is 0.590. The molecule has 3 N–H and O–H groups in total. The van der Waals surface area contributed by atoms with Crippen LogP contribution in [-0.4, -0.2) is 15.5 Å². The molecule has 3 aromatic carbocycles. The smallest absolute Gasteiger partial charge is 0.127 e. The largest absolute Gasteiger partial charge is 0.508 e. The highest BCUT2D eigenvalue weighted by molar-refractivity contribution is 7.94. The van der Waals surface area contributed by atoms with Crippen molar-refractivity contribution >= 4 is 34.2 Å². The monoisotopic (exact) mass is 358 g/mol. The van der Waals surface area contributed by atoms with Gasteiger partial charge in [-0.25, -0.2) is 5.26 Å². The van der Waals surface area contributed by atoms with Gasteiger partial charge in [0.1, 0.15) is 11.5 Å². The van der Waals surface area contributed by atoms with Gasteiger partial charge in [0.15, 0.2) is 0 Å². The molecule has 0 saturated heterocycles. The normalized spacial score (nSPS) is 11.4. The fourth-order valence-corrected chi connectivity index (χ4v) is 2.79. The van der Waals surface area contributed by atoms with Crippen molar-refractivity contribution in [2.24, 2.45) is 10.2 Å². The van der Waals surface area contributed by atoms with Gasteiger partial charge in [-0.15, -0.1) is 4.33 Å². The molecule has 0 unspecified atom stereocenters. The van der Waals surface area contributed by atoms with E-state index in [0.717, 1.165) is 17.4 Å². The summed E-state index contributed by atoms with van der Waals surface area (Å²) in [5.74, 6) is 0.276. The van der Waals surface area contributed by atoms with Gasteiger partial charge in [0, 0.05) is 15.8 Å². The first-order chi connectivity index (χ1) is 12.1. The van der Waals surface area contributed by atoms with Crippen molar-refractivity contribution in [2.45, 2.75) is 11.8 Å². The topological polar surface area (TPSA) is 104 Å². The summed E-state index contributed by atoms with van der Waals surface area (Å²) >= 11 is 0.784. The molecule has 0 heterocycles. The van der Waals surface area contributed by atoms with Gasteiger partial charge in [-0.1, -0.05) is 5.04 Å². The molecular weight excluding hydrogens is 344 g/mol. The summed E-state index contributed by atoms with van der Waals surface area (Å²) in [6.45, 7) is 1.73. The van der Waals surface area contributed by atoms with E-state index < -0.39 is 0 Å². The summed E-state index contributed by atoms with van der Waals surface area (Å²) < 4.78 is 4.45. The summed E-state index contributed by atoms with van der Waals surface area (Å²) in [6, 6.07) is 13.4. The number of rotatable bonds is 5. The van der Waals surface area contributed by atoms with Gasteiger partial charge in [-0.05, 0) is 60.8 Å². The summed E-state index contributed by atoms with van der Waals surface area (Å²) in [7, 11) is 0. The van der Waals surface area contributed by atoms with Crippen LogP contribution in [0.25, 0.3) is 10.8 Å². The molecule has 128 valence electrons. The first kappa shape index (κ1) is 17.2. The molecule has 0 saturated carbocycles. The van der Waals surface area contributed by atoms with Gasteiger partial charge in [0.2, 0.25) is 0 Å². The van der Waals surface area contributed by atoms with Gasteiger partial charge < -0.3 is 10.2 Å². The molecule has 0 amide bonds. The van der Waals surface area contributed by atoms with E-state index in [2.05, 4.69) is 19.6 Å². The highest BCUT2D eigenvalue weighted by atomic mass is 32.2. The van der Waals surface area contributed by atoms with E-state index in [1.165, 1.54) is 12.1 Å². The van der Waals surface area contributed by atoms with Gasteiger partial charge in [0.05, 0.1) is 23.4 Å². The van der Waals surface area contributed by atoms with E-state index in [-0.39, 0.29) is 11.5 Å². The lowest BCUT2D eigenvalue weighted by Gasteiger charge is -2.09. The molecule has 0 aliphatic rings. The lowest BCUT2D eigenvalue weighted by Crippen LogP contribution is -1.86. The van der Waals surface area contributed by atoms with Crippen molar-refractivity contribution in [3.63, 3.8) is 0 Å². The van der Waals surface area contributed by atoms with Crippen LogP contribution < -0.4 is 0 Å². The third kappa shape index (κ3) is 3.89. The number of aromatic hydroxyl groups is 2. The van der Waals surface area contributed by atoms with E-state index in [1.54, 1.807) is 43.3 Å². The number of fused-ring (bicyclic) bond motifs is 1. The van der Waals surface area contributed by atoms with Crippen LogP contribution in [0.4, 0.5) is 11.4 Å². The number of benzene rings is 3. The van der Waals surface area contributed by atoms with Crippen LogP contribution in [-0.2, 0) is 9.37 Å². The Balaban J connectivity index is 1.95. The zero-order valence-electron chi connectivity index (χ0n) is 13.1. The van der Waals surface area contributed by atoms with Gasteiger partial charge in [-0.3, -0.25) is 0 Å². The van der Waals surface area contributed by atoms with E-state index in [9.17, 15) is 10.2 Å². The molecule has 0 fully saturated rings. The number of azo groups is 1. The maximum absolute atomic E-state index is 10.3. The molecular formula is C17H14N2O5S.